The fraction of sp³-hybridized carbons (Fsp3) is 0.632. The highest BCUT2D eigenvalue weighted by Crippen LogP contribution is 2.42. The number of hydrogen-bond acceptors (Lipinski definition) is 8. The minimum absolute atomic E-state index is 0.0344. The van der Waals surface area contributed by atoms with E-state index < -0.39 is 60.4 Å². The van der Waals surface area contributed by atoms with Gasteiger partial charge in [-0.3, -0.25) is 4.52 Å². The van der Waals surface area contributed by atoms with Gasteiger partial charge in [-0.05, 0) is 44.5 Å². The number of piperidine rings is 1. The van der Waals surface area contributed by atoms with E-state index in [0.717, 1.165) is 4.31 Å². The van der Waals surface area contributed by atoms with Crippen LogP contribution in [0.25, 0.3) is 0 Å². The molecule has 198 valence electrons. The maximum absolute atomic E-state index is 13.4. The van der Waals surface area contributed by atoms with Gasteiger partial charge >= 0.3 is 20.0 Å². The molecule has 2 aliphatic rings. The summed E-state index contributed by atoms with van der Waals surface area (Å²) in [4.78, 5) is 30.3. The number of benzene rings is 1. The molecule has 3 N–H and O–H groups in total. The number of ether oxygens (including phenoxy) is 2. The van der Waals surface area contributed by atoms with Gasteiger partial charge in [0.2, 0.25) is 16.1 Å². The van der Waals surface area contributed by atoms with Crippen molar-refractivity contribution in [3.63, 3.8) is 0 Å². The SMILES string of the molecule is CN(C1CC2(CCNCC2)OC1C(=O)OC(COP(=O)(O)O)C(F)(F)F)S(=O)(=O)c1ccccc1. The number of carbonyl (C=O) groups excluding carboxylic acids is 1. The van der Waals surface area contributed by atoms with Crippen molar-refractivity contribution in [1.29, 1.82) is 0 Å². The Morgan fingerprint density at radius 1 is 1.29 bits per heavy atom. The highest BCUT2D eigenvalue weighted by molar-refractivity contribution is 7.89. The smallest absolute Gasteiger partial charge is 0.448 e. The van der Waals surface area contributed by atoms with Crippen LogP contribution in [0.3, 0.4) is 0 Å². The summed E-state index contributed by atoms with van der Waals surface area (Å²) in [5, 5.41) is 3.10. The molecule has 1 spiro atoms. The minimum atomic E-state index is -5.29. The number of likely N-dealkylation sites (N-methyl/N-ethyl adjacent to an activating group) is 1. The predicted octanol–water partition coefficient (Wildman–Crippen LogP) is 1.17. The average Bonchev–Trinajstić information content (AvgIpc) is 3.14. The Hall–Kier alpha value is -1.58. The van der Waals surface area contributed by atoms with Crippen LogP contribution in [0.2, 0.25) is 0 Å². The molecule has 1 aromatic carbocycles. The van der Waals surface area contributed by atoms with Crippen LogP contribution in [0.15, 0.2) is 35.2 Å². The summed E-state index contributed by atoms with van der Waals surface area (Å²) >= 11 is 0. The van der Waals surface area contributed by atoms with Crippen molar-refractivity contribution < 1.29 is 54.7 Å². The molecule has 0 aliphatic carbocycles. The summed E-state index contributed by atoms with van der Waals surface area (Å²) in [5.74, 6) is -1.52. The summed E-state index contributed by atoms with van der Waals surface area (Å²) in [6.07, 6.45) is -9.13. The molecule has 0 saturated carbocycles. The minimum Gasteiger partial charge on any atom is -0.448 e. The van der Waals surface area contributed by atoms with Crippen molar-refractivity contribution in [2.75, 3.05) is 26.7 Å². The number of alkyl halides is 3. The van der Waals surface area contributed by atoms with Gasteiger partial charge in [-0.25, -0.2) is 17.8 Å². The third-order valence-corrected chi connectivity index (χ3v) is 8.34. The molecular formula is C19H26F3N2O9PS. The lowest BCUT2D eigenvalue weighted by atomic mass is 9.88. The monoisotopic (exact) mass is 546 g/mol. The fourth-order valence-corrected chi connectivity index (χ4v) is 5.82. The molecule has 2 fully saturated rings. The van der Waals surface area contributed by atoms with Crippen molar-refractivity contribution in [2.24, 2.45) is 0 Å². The molecular weight excluding hydrogens is 520 g/mol. The second-order valence-electron chi connectivity index (χ2n) is 8.33. The van der Waals surface area contributed by atoms with E-state index >= 15 is 0 Å². The second kappa shape index (κ2) is 10.4. The maximum atomic E-state index is 13.4. The lowest BCUT2D eigenvalue weighted by molar-refractivity contribution is -0.234. The molecule has 35 heavy (non-hydrogen) atoms. The molecule has 0 radical (unpaired) electrons. The zero-order valence-corrected chi connectivity index (χ0v) is 20.3. The van der Waals surface area contributed by atoms with E-state index in [1.807, 2.05) is 0 Å². The molecule has 3 atom stereocenters. The standard InChI is InChI=1S/C19H26F3N2O9PS/c1-24(35(29,30)13-5-3-2-4-6-13)14-11-18(7-9-23-10-8-18)33-16(14)17(25)32-15(19(20,21)22)12-31-34(26,27)28/h2-6,14-16,23H,7-12H2,1H3,(H2,26,27,28). The second-order valence-corrected chi connectivity index (χ2v) is 11.6. The Balaban J connectivity index is 1.88. The number of nitrogens with zero attached hydrogens (tertiary/aromatic N) is 1. The molecule has 0 amide bonds. The van der Waals surface area contributed by atoms with Gasteiger partial charge in [-0.2, -0.15) is 17.5 Å². The van der Waals surface area contributed by atoms with Crippen LogP contribution in [0.4, 0.5) is 13.2 Å². The summed E-state index contributed by atoms with van der Waals surface area (Å²) in [7, 11) is -8.23. The number of phosphoric acid groups is 1. The molecule has 2 heterocycles. The number of esters is 1. The molecule has 3 rings (SSSR count). The van der Waals surface area contributed by atoms with E-state index in [1.165, 1.54) is 31.3 Å². The highest BCUT2D eigenvalue weighted by atomic mass is 32.2. The summed E-state index contributed by atoms with van der Waals surface area (Å²) < 4.78 is 92.6. The Bertz CT molecular complexity index is 1050. The number of hydrogen-bond donors (Lipinski definition) is 3. The van der Waals surface area contributed by atoms with Crippen molar-refractivity contribution in [3.05, 3.63) is 30.3 Å². The van der Waals surface area contributed by atoms with E-state index in [-0.39, 0.29) is 11.3 Å². The zero-order chi connectivity index (χ0) is 26.1. The van der Waals surface area contributed by atoms with Gasteiger partial charge in [0.1, 0.15) is 6.61 Å². The number of sulfonamides is 1. The molecule has 3 unspecified atom stereocenters. The number of carbonyl (C=O) groups is 1. The summed E-state index contributed by atoms with van der Waals surface area (Å²) in [6.45, 7) is -0.667. The first-order chi connectivity index (χ1) is 16.1. The largest absolute Gasteiger partial charge is 0.469 e. The number of nitrogens with one attached hydrogen (secondary N) is 1. The Morgan fingerprint density at radius 2 is 1.89 bits per heavy atom. The van der Waals surface area contributed by atoms with Crippen LogP contribution in [-0.2, 0) is 33.4 Å². The van der Waals surface area contributed by atoms with Gasteiger partial charge < -0.3 is 24.6 Å². The van der Waals surface area contributed by atoms with Crippen LogP contribution in [-0.4, -0.2) is 85.3 Å². The van der Waals surface area contributed by atoms with Crippen LogP contribution in [0.1, 0.15) is 19.3 Å². The topological polar surface area (TPSA) is 152 Å². The van der Waals surface area contributed by atoms with Gasteiger partial charge in [-0.1, -0.05) is 18.2 Å². The van der Waals surface area contributed by atoms with Gasteiger partial charge in [0, 0.05) is 7.05 Å². The van der Waals surface area contributed by atoms with E-state index in [4.69, 9.17) is 14.5 Å². The normalized spacial score (nSPS) is 24.0. The Kier molecular flexibility index (Phi) is 8.34. The fourth-order valence-electron chi connectivity index (χ4n) is 4.12. The molecule has 2 aliphatic heterocycles. The molecule has 0 aromatic heterocycles. The van der Waals surface area contributed by atoms with Gasteiger partial charge in [0.25, 0.3) is 0 Å². The first-order valence-electron chi connectivity index (χ1n) is 10.5. The van der Waals surface area contributed by atoms with Gasteiger partial charge in [-0.15, -0.1) is 0 Å². The van der Waals surface area contributed by atoms with Crippen molar-refractivity contribution >= 4 is 23.8 Å². The van der Waals surface area contributed by atoms with Crippen molar-refractivity contribution in [1.82, 2.24) is 9.62 Å². The van der Waals surface area contributed by atoms with Crippen LogP contribution >= 0.6 is 7.82 Å². The third-order valence-electron chi connectivity index (χ3n) is 5.96. The quantitative estimate of drug-likeness (QED) is 0.320. The molecule has 0 bridgehead atoms. The zero-order valence-electron chi connectivity index (χ0n) is 18.6. The molecule has 16 heteroatoms. The number of halogens is 3. The maximum Gasteiger partial charge on any atom is 0.469 e. The number of phosphoric ester groups is 1. The summed E-state index contributed by atoms with van der Waals surface area (Å²) in [6, 6.07) is 6.10. The third kappa shape index (κ3) is 6.80. The first-order valence-corrected chi connectivity index (χ1v) is 13.5. The molecule has 2 saturated heterocycles. The molecule has 1 aromatic rings. The number of rotatable bonds is 8. The van der Waals surface area contributed by atoms with Crippen molar-refractivity contribution in [3.8, 4) is 0 Å². The van der Waals surface area contributed by atoms with E-state index in [2.05, 4.69) is 14.6 Å². The first kappa shape index (κ1) is 28.0. The lowest BCUT2D eigenvalue weighted by Crippen LogP contribution is -2.48. The Labute approximate surface area is 199 Å². The Morgan fingerprint density at radius 3 is 2.43 bits per heavy atom. The van der Waals surface area contributed by atoms with Gasteiger partial charge in [0.15, 0.2) is 6.10 Å². The van der Waals surface area contributed by atoms with E-state index in [0.29, 0.717) is 25.9 Å². The molecule has 11 nitrogen and oxygen atoms in total. The van der Waals surface area contributed by atoms with Crippen LogP contribution in [0, 0.1) is 0 Å². The highest BCUT2D eigenvalue weighted by Gasteiger charge is 2.55. The van der Waals surface area contributed by atoms with Crippen LogP contribution < -0.4 is 5.32 Å². The van der Waals surface area contributed by atoms with Crippen LogP contribution in [0.5, 0.6) is 0 Å². The van der Waals surface area contributed by atoms with E-state index in [9.17, 15) is 30.9 Å². The van der Waals surface area contributed by atoms with E-state index in [1.54, 1.807) is 6.07 Å². The average molecular weight is 546 g/mol. The predicted molar refractivity (Wildman–Crippen MR) is 113 cm³/mol. The van der Waals surface area contributed by atoms with Gasteiger partial charge in [0.05, 0.1) is 16.5 Å². The summed E-state index contributed by atoms with van der Waals surface area (Å²) in [5.41, 5.74) is -0.962. The van der Waals surface area contributed by atoms with Crippen molar-refractivity contribution in [2.45, 2.75) is 54.2 Å². The lowest BCUT2D eigenvalue weighted by Gasteiger charge is -2.33.